The second kappa shape index (κ2) is 6.71. The molecule has 2 saturated heterocycles. The minimum Gasteiger partial charge on any atom is -0.341 e. The van der Waals surface area contributed by atoms with Gasteiger partial charge in [-0.15, -0.1) is 16.4 Å². The molecule has 4 rings (SSSR count). The van der Waals surface area contributed by atoms with Crippen molar-refractivity contribution in [1.82, 2.24) is 29.4 Å². The van der Waals surface area contributed by atoms with Crippen LogP contribution in [0.15, 0.2) is 28.0 Å². The van der Waals surface area contributed by atoms with Crippen LogP contribution in [0.25, 0.3) is 0 Å². The number of carbonyl (C=O) groups is 1. The molecule has 2 aromatic heterocycles. The smallest absolute Gasteiger partial charge is 0.252 e. The molecule has 2 aliphatic heterocycles. The van der Waals surface area contributed by atoms with Gasteiger partial charge >= 0.3 is 0 Å². The largest absolute Gasteiger partial charge is 0.341 e. The van der Waals surface area contributed by atoms with Gasteiger partial charge in [0.25, 0.3) is 10.0 Å². The molecular weight excluding hydrogens is 376 g/mol. The van der Waals surface area contributed by atoms with Gasteiger partial charge in [-0.2, -0.15) is 4.31 Å². The number of carbonyl (C=O) groups excluding carboxylic acids is 1. The number of piperidine rings is 1. The maximum Gasteiger partial charge on any atom is 0.252 e. The Kier molecular flexibility index (Phi) is 4.53. The molecule has 140 valence electrons. The normalized spacial score (nSPS) is 20.7. The lowest BCUT2D eigenvalue weighted by atomic mass is 9.78. The molecule has 26 heavy (non-hydrogen) atoms. The Bertz CT molecular complexity index is 857. The van der Waals surface area contributed by atoms with Crippen molar-refractivity contribution in [3.8, 4) is 0 Å². The SMILES string of the molecule is O=C(Cn1cnnn1)N1CCC2(CCN(S(=O)(=O)c3cccs3)CC2)C1. The average Bonchev–Trinajstić information content (AvgIpc) is 3.37. The lowest BCUT2D eigenvalue weighted by Crippen LogP contribution is -2.44. The first-order chi connectivity index (χ1) is 12.5. The molecule has 4 heterocycles. The van der Waals surface area contributed by atoms with E-state index in [9.17, 15) is 13.2 Å². The zero-order valence-corrected chi connectivity index (χ0v) is 15.8. The predicted molar refractivity (Wildman–Crippen MR) is 93.8 cm³/mol. The number of thiophene rings is 1. The fraction of sp³-hybridized carbons (Fsp3) is 0.600. The van der Waals surface area contributed by atoms with Crippen molar-refractivity contribution in [2.24, 2.45) is 5.41 Å². The van der Waals surface area contributed by atoms with Gasteiger partial charge in [0.1, 0.15) is 17.1 Å². The number of hydrogen-bond acceptors (Lipinski definition) is 7. The standard InChI is InChI=1S/C15H20N6O3S2/c22-13(10-20-12-16-17-18-20)19-6-3-15(11-19)4-7-21(8-5-15)26(23,24)14-2-1-9-25-14/h1-2,9,12H,3-8,10-11H2. The molecule has 0 aliphatic carbocycles. The van der Waals surface area contributed by atoms with Gasteiger partial charge in [0, 0.05) is 26.2 Å². The fourth-order valence-electron chi connectivity index (χ4n) is 3.79. The molecule has 0 saturated carbocycles. The van der Waals surface area contributed by atoms with Gasteiger partial charge in [0.05, 0.1) is 0 Å². The first kappa shape index (κ1) is 17.6. The molecule has 11 heteroatoms. The highest BCUT2D eigenvalue weighted by Crippen LogP contribution is 2.41. The summed E-state index contributed by atoms with van der Waals surface area (Å²) in [5, 5.41) is 12.6. The van der Waals surface area contributed by atoms with Gasteiger partial charge in [-0.25, -0.2) is 13.1 Å². The summed E-state index contributed by atoms with van der Waals surface area (Å²) >= 11 is 1.25. The van der Waals surface area contributed by atoms with Gasteiger partial charge in [-0.1, -0.05) is 6.07 Å². The lowest BCUT2D eigenvalue weighted by molar-refractivity contribution is -0.131. The molecule has 0 bridgehead atoms. The highest BCUT2D eigenvalue weighted by Gasteiger charge is 2.44. The molecule has 9 nitrogen and oxygen atoms in total. The van der Waals surface area contributed by atoms with Crippen molar-refractivity contribution >= 4 is 27.3 Å². The summed E-state index contributed by atoms with van der Waals surface area (Å²) in [7, 11) is -3.38. The summed E-state index contributed by atoms with van der Waals surface area (Å²) in [6.45, 7) is 2.55. The Morgan fingerprint density at radius 3 is 2.65 bits per heavy atom. The Morgan fingerprint density at radius 2 is 2.00 bits per heavy atom. The quantitative estimate of drug-likeness (QED) is 0.743. The van der Waals surface area contributed by atoms with Crippen LogP contribution in [-0.4, -0.2) is 69.9 Å². The van der Waals surface area contributed by atoms with Crippen LogP contribution in [0.1, 0.15) is 19.3 Å². The number of tetrazole rings is 1. The molecule has 0 aromatic carbocycles. The van der Waals surface area contributed by atoms with Crippen LogP contribution in [0.3, 0.4) is 0 Å². The number of rotatable bonds is 4. The van der Waals surface area contributed by atoms with E-state index in [2.05, 4.69) is 15.5 Å². The highest BCUT2D eigenvalue weighted by atomic mass is 32.2. The van der Waals surface area contributed by atoms with Gasteiger partial charge in [-0.05, 0) is 46.6 Å². The third-order valence-electron chi connectivity index (χ3n) is 5.35. The van der Waals surface area contributed by atoms with E-state index in [0.717, 1.165) is 19.3 Å². The van der Waals surface area contributed by atoms with Crippen molar-refractivity contribution in [2.45, 2.75) is 30.0 Å². The van der Waals surface area contributed by atoms with Gasteiger partial charge in [0.15, 0.2) is 0 Å². The maximum atomic E-state index is 12.7. The molecule has 1 amide bonds. The van der Waals surface area contributed by atoms with E-state index in [4.69, 9.17) is 0 Å². The number of nitrogens with zero attached hydrogens (tertiary/aromatic N) is 6. The molecule has 1 spiro atoms. The zero-order valence-electron chi connectivity index (χ0n) is 14.2. The van der Waals surface area contributed by atoms with E-state index in [1.807, 2.05) is 4.90 Å². The molecule has 0 unspecified atom stereocenters. The maximum absolute atomic E-state index is 12.7. The topological polar surface area (TPSA) is 101 Å². The predicted octanol–water partition coefficient (Wildman–Crippen LogP) is 0.438. The van der Waals surface area contributed by atoms with Crippen molar-refractivity contribution in [3.05, 3.63) is 23.8 Å². The Labute approximate surface area is 155 Å². The summed E-state index contributed by atoms with van der Waals surface area (Å²) in [6, 6.07) is 3.41. The van der Waals surface area contributed by atoms with Crippen LogP contribution in [0.2, 0.25) is 0 Å². The Balaban J connectivity index is 1.36. The number of sulfonamides is 1. The van der Waals surface area contributed by atoms with E-state index in [0.29, 0.717) is 30.4 Å². The van der Waals surface area contributed by atoms with E-state index in [-0.39, 0.29) is 17.9 Å². The Morgan fingerprint density at radius 1 is 1.23 bits per heavy atom. The highest BCUT2D eigenvalue weighted by molar-refractivity contribution is 7.91. The van der Waals surface area contributed by atoms with Crippen LogP contribution < -0.4 is 0 Å². The molecule has 0 atom stereocenters. The van der Waals surface area contributed by atoms with Crippen LogP contribution in [0, 0.1) is 5.41 Å². The van der Waals surface area contributed by atoms with Crippen LogP contribution in [-0.2, 0) is 21.4 Å². The molecule has 2 fully saturated rings. The molecule has 0 N–H and O–H groups in total. The summed E-state index contributed by atoms with van der Waals surface area (Å²) < 4.78 is 28.7. The first-order valence-corrected chi connectivity index (χ1v) is 10.8. The summed E-state index contributed by atoms with van der Waals surface area (Å²) in [4.78, 5) is 14.3. The number of amides is 1. The van der Waals surface area contributed by atoms with Crippen LogP contribution >= 0.6 is 11.3 Å². The Hall–Kier alpha value is -1.85. The minimum atomic E-state index is -3.38. The van der Waals surface area contributed by atoms with Crippen molar-refractivity contribution in [1.29, 1.82) is 0 Å². The fourth-order valence-corrected chi connectivity index (χ4v) is 6.37. The molecule has 2 aliphatic rings. The van der Waals surface area contributed by atoms with E-state index < -0.39 is 10.0 Å². The second-order valence-corrected chi connectivity index (χ2v) is 10.0. The lowest BCUT2D eigenvalue weighted by Gasteiger charge is -2.38. The average molecular weight is 396 g/mol. The van der Waals surface area contributed by atoms with Crippen LogP contribution in [0.5, 0.6) is 0 Å². The summed E-state index contributed by atoms with van der Waals surface area (Å²) in [5.41, 5.74) is 0.0255. The van der Waals surface area contributed by atoms with Crippen molar-refractivity contribution in [3.63, 3.8) is 0 Å². The molecule has 2 aromatic rings. The summed E-state index contributed by atoms with van der Waals surface area (Å²) in [5.74, 6) is 0.00260. The van der Waals surface area contributed by atoms with E-state index >= 15 is 0 Å². The second-order valence-electron chi connectivity index (χ2n) is 6.91. The zero-order chi connectivity index (χ0) is 18.2. The summed E-state index contributed by atoms with van der Waals surface area (Å²) in [6.07, 6.45) is 3.91. The number of aromatic nitrogens is 4. The third-order valence-corrected chi connectivity index (χ3v) is 8.62. The van der Waals surface area contributed by atoms with Crippen LogP contribution in [0.4, 0.5) is 0 Å². The van der Waals surface area contributed by atoms with Gasteiger partial charge < -0.3 is 4.90 Å². The number of hydrogen-bond donors (Lipinski definition) is 0. The van der Waals surface area contributed by atoms with Crippen molar-refractivity contribution < 1.29 is 13.2 Å². The minimum absolute atomic E-state index is 0.00260. The van der Waals surface area contributed by atoms with Gasteiger partial charge in [0.2, 0.25) is 5.91 Å². The van der Waals surface area contributed by atoms with Gasteiger partial charge in [-0.3, -0.25) is 4.79 Å². The number of likely N-dealkylation sites (tertiary alicyclic amines) is 1. The third kappa shape index (κ3) is 3.26. The monoisotopic (exact) mass is 396 g/mol. The van der Waals surface area contributed by atoms with Crippen molar-refractivity contribution in [2.75, 3.05) is 26.2 Å². The molecule has 0 radical (unpaired) electrons. The van der Waals surface area contributed by atoms with E-state index in [1.54, 1.807) is 21.8 Å². The first-order valence-electron chi connectivity index (χ1n) is 8.51. The van der Waals surface area contributed by atoms with E-state index in [1.165, 1.54) is 22.3 Å². The molecular formula is C15H20N6O3S2.